The number of carbonyl (C=O) groups excluding carboxylic acids is 2. The summed E-state index contributed by atoms with van der Waals surface area (Å²) in [5.41, 5.74) is 5.64. The fourth-order valence-electron chi connectivity index (χ4n) is 2.00. The Kier molecular flexibility index (Phi) is 6.22. The van der Waals surface area contributed by atoms with Crippen molar-refractivity contribution in [1.82, 2.24) is 5.32 Å². The van der Waals surface area contributed by atoms with E-state index < -0.39 is 28.0 Å². The van der Waals surface area contributed by atoms with E-state index in [9.17, 15) is 18.0 Å². The molecule has 10 heteroatoms. The van der Waals surface area contributed by atoms with Crippen LogP contribution in [0.1, 0.15) is 6.92 Å². The summed E-state index contributed by atoms with van der Waals surface area (Å²) in [6, 6.07) is 10.7. The molecule has 0 aliphatic heterocycles. The molecule has 0 radical (unpaired) electrons. The highest BCUT2D eigenvalue weighted by molar-refractivity contribution is 9.10. The number of rotatable bonds is 6. The maximum absolute atomic E-state index is 12.5. The van der Waals surface area contributed by atoms with Gasteiger partial charge >= 0.3 is 6.03 Å². The first-order valence-corrected chi connectivity index (χ1v) is 9.70. The van der Waals surface area contributed by atoms with Gasteiger partial charge in [-0.25, -0.2) is 13.2 Å². The Morgan fingerprint density at radius 3 is 2.35 bits per heavy atom. The van der Waals surface area contributed by atoms with E-state index in [1.165, 1.54) is 31.2 Å². The summed E-state index contributed by atoms with van der Waals surface area (Å²) in [5.74, 6) is -0.529. The number of carbonyl (C=O) groups is 2. The lowest BCUT2D eigenvalue weighted by atomic mass is 10.2. The number of primary amides is 1. The van der Waals surface area contributed by atoms with Crippen molar-refractivity contribution in [2.24, 2.45) is 5.73 Å². The second-order valence-electron chi connectivity index (χ2n) is 5.36. The molecule has 2 rings (SSSR count). The van der Waals surface area contributed by atoms with Gasteiger partial charge in [0.1, 0.15) is 6.04 Å². The molecule has 2 aromatic carbocycles. The van der Waals surface area contributed by atoms with Crippen molar-refractivity contribution >= 4 is 49.3 Å². The van der Waals surface area contributed by atoms with Gasteiger partial charge in [0.15, 0.2) is 0 Å². The SMILES string of the molecule is CC(NC(N)=O)C(=O)Nc1cccc(S(=O)(=O)Nc2ccc(Br)cc2)c1. The minimum atomic E-state index is -3.83. The predicted octanol–water partition coefficient (Wildman–Crippen LogP) is 2.25. The number of benzene rings is 2. The quantitative estimate of drug-likeness (QED) is 0.548. The molecule has 8 nitrogen and oxygen atoms in total. The van der Waals surface area contributed by atoms with Gasteiger partial charge in [0.2, 0.25) is 5.91 Å². The Bertz CT molecular complexity index is 916. The molecule has 0 heterocycles. The van der Waals surface area contributed by atoms with Crippen molar-refractivity contribution in [2.75, 3.05) is 10.0 Å². The largest absolute Gasteiger partial charge is 0.352 e. The van der Waals surface area contributed by atoms with Crippen molar-refractivity contribution < 1.29 is 18.0 Å². The van der Waals surface area contributed by atoms with Crippen LogP contribution in [-0.4, -0.2) is 26.4 Å². The van der Waals surface area contributed by atoms with E-state index in [0.29, 0.717) is 5.69 Å². The van der Waals surface area contributed by atoms with Gasteiger partial charge in [-0.1, -0.05) is 22.0 Å². The number of urea groups is 1. The van der Waals surface area contributed by atoms with Gasteiger partial charge in [0.05, 0.1) is 4.90 Å². The highest BCUT2D eigenvalue weighted by atomic mass is 79.9. The third-order valence-electron chi connectivity index (χ3n) is 3.26. The summed E-state index contributed by atoms with van der Waals surface area (Å²) in [4.78, 5) is 22.7. The van der Waals surface area contributed by atoms with Crippen LogP contribution in [0, 0.1) is 0 Å². The molecule has 0 aliphatic carbocycles. The summed E-state index contributed by atoms with van der Waals surface area (Å²) < 4.78 is 28.3. The van der Waals surface area contributed by atoms with E-state index in [0.717, 1.165) is 4.47 Å². The Morgan fingerprint density at radius 2 is 1.73 bits per heavy atom. The average Bonchev–Trinajstić information content (AvgIpc) is 2.56. The molecule has 1 unspecified atom stereocenters. The van der Waals surface area contributed by atoms with Crippen molar-refractivity contribution in [2.45, 2.75) is 17.9 Å². The van der Waals surface area contributed by atoms with Gasteiger partial charge in [0, 0.05) is 15.8 Å². The van der Waals surface area contributed by atoms with E-state index >= 15 is 0 Å². The molecule has 0 saturated carbocycles. The lowest BCUT2D eigenvalue weighted by Crippen LogP contribution is -2.44. The van der Waals surface area contributed by atoms with Crippen LogP contribution < -0.4 is 21.1 Å². The van der Waals surface area contributed by atoms with Crippen LogP contribution in [0.15, 0.2) is 57.9 Å². The van der Waals surface area contributed by atoms with Crippen LogP contribution in [-0.2, 0) is 14.8 Å². The van der Waals surface area contributed by atoms with E-state index in [4.69, 9.17) is 5.73 Å². The number of hydrogen-bond donors (Lipinski definition) is 4. The van der Waals surface area contributed by atoms with Crippen molar-refractivity contribution in [3.8, 4) is 0 Å². The third-order valence-corrected chi connectivity index (χ3v) is 5.17. The molecule has 0 bridgehead atoms. The fraction of sp³-hybridized carbons (Fsp3) is 0.125. The van der Waals surface area contributed by atoms with Gasteiger partial charge in [-0.3, -0.25) is 9.52 Å². The van der Waals surface area contributed by atoms with Crippen LogP contribution >= 0.6 is 15.9 Å². The predicted molar refractivity (Wildman–Crippen MR) is 102 cm³/mol. The van der Waals surface area contributed by atoms with E-state index in [1.807, 2.05) is 0 Å². The lowest BCUT2D eigenvalue weighted by Gasteiger charge is -2.13. The van der Waals surface area contributed by atoms with Gasteiger partial charge in [0.25, 0.3) is 10.0 Å². The first-order valence-electron chi connectivity index (χ1n) is 7.42. The average molecular weight is 441 g/mol. The summed E-state index contributed by atoms with van der Waals surface area (Å²) >= 11 is 3.28. The standard InChI is InChI=1S/C16H17BrN4O4S/c1-10(19-16(18)23)15(22)20-13-3-2-4-14(9-13)26(24,25)21-12-7-5-11(17)6-8-12/h2-10,21H,1H3,(H,20,22)(H3,18,19,23). The van der Waals surface area contributed by atoms with Gasteiger partial charge in [-0.15, -0.1) is 0 Å². The highest BCUT2D eigenvalue weighted by Gasteiger charge is 2.17. The number of amides is 3. The summed E-state index contributed by atoms with van der Waals surface area (Å²) in [6.07, 6.45) is 0. The Morgan fingerprint density at radius 1 is 1.08 bits per heavy atom. The zero-order chi connectivity index (χ0) is 19.3. The zero-order valence-corrected chi connectivity index (χ0v) is 16.1. The van der Waals surface area contributed by atoms with Gasteiger partial charge in [-0.2, -0.15) is 0 Å². The third kappa shape index (κ3) is 5.46. The second-order valence-corrected chi connectivity index (χ2v) is 7.96. The molecule has 26 heavy (non-hydrogen) atoms. The van der Waals surface area contributed by atoms with Gasteiger partial charge in [-0.05, 0) is 49.4 Å². The number of halogens is 1. The molecule has 5 N–H and O–H groups in total. The Labute approximate surface area is 159 Å². The molecule has 2 aromatic rings. The number of hydrogen-bond acceptors (Lipinski definition) is 4. The molecule has 0 aliphatic rings. The van der Waals surface area contributed by atoms with Crippen LogP contribution in [0.2, 0.25) is 0 Å². The molecular weight excluding hydrogens is 424 g/mol. The molecule has 138 valence electrons. The number of nitrogens with two attached hydrogens (primary N) is 1. The monoisotopic (exact) mass is 440 g/mol. The number of nitrogens with one attached hydrogen (secondary N) is 3. The Balaban J connectivity index is 2.15. The van der Waals surface area contributed by atoms with Crippen molar-refractivity contribution in [3.05, 3.63) is 53.0 Å². The second kappa shape index (κ2) is 8.19. The first-order chi connectivity index (χ1) is 12.2. The summed E-state index contributed by atoms with van der Waals surface area (Å²) in [6.45, 7) is 1.45. The Hall–Kier alpha value is -2.59. The number of sulfonamides is 1. The normalized spacial score (nSPS) is 12.1. The molecule has 1 atom stereocenters. The van der Waals surface area contributed by atoms with E-state index in [2.05, 4.69) is 31.3 Å². The molecule has 3 amide bonds. The smallest absolute Gasteiger partial charge is 0.312 e. The molecule has 0 fully saturated rings. The number of anilines is 2. The molecule has 0 aromatic heterocycles. The fourth-order valence-corrected chi connectivity index (χ4v) is 3.37. The molecule has 0 saturated heterocycles. The van der Waals surface area contributed by atoms with Crippen LogP contribution in [0.4, 0.5) is 16.2 Å². The minimum Gasteiger partial charge on any atom is -0.352 e. The first kappa shape index (κ1) is 19.7. The van der Waals surface area contributed by atoms with E-state index in [1.54, 1.807) is 24.3 Å². The molecular formula is C16H17BrN4O4S. The minimum absolute atomic E-state index is 0.0197. The zero-order valence-electron chi connectivity index (χ0n) is 13.7. The van der Waals surface area contributed by atoms with Crippen molar-refractivity contribution in [3.63, 3.8) is 0 Å². The van der Waals surface area contributed by atoms with Crippen LogP contribution in [0.5, 0.6) is 0 Å². The maximum atomic E-state index is 12.5. The summed E-state index contributed by atoms with van der Waals surface area (Å²) in [5, 5.41) is 4.76. The van der Waals surface area contributed by atoms with Crippen molar-refractivity contribution in [1.29, 1.82) is 0 Å². The molecule has 0 spiro atoms. The van der Waals surface area contributed by atoms with Crippen LogP contribution in [0.3, 0.4) is 0 Å². The summed E-state index contributed by atoms with van der Waals surface area (Å²) in [7, 11) is -3.83. The lowest BCUT2D eigenvalue weighted by molar-refractivity contribution is -0.117. The topological polar surface area (TPSA) is 130 Å². The van der Waals surface area contributed by atoms with Gasteiger partial charge < -0.3 is 16.4 Å². The van der Waals surface area contributed by atoms with Crippen LogP contribution in [0.25, 0.3) is 0 Å². The maximum Gasteiger partial charge on any atom is 0.312 e. The highest BCUT2D eigenvalue weighted by Crippen LogP contribution is 2.21. The van der Waals surface area contributed by atoms with E-state index in [-0.39, 0.29) is 10.6 Å².